The van der Waals surface area contributed by atoms with Gasteiger partial charge in [-0.3, -0.25) is 9.59 Å². The molecule has 1 heterocycles. The SMILES string of the molecule is CC(C)NC1CCCN(C(=O)C(C)C)CC1=O. The van der Waals surface area contributed by atoms with Crippen molar-refractivity contribution in [2.45, 2.75) is 52.6 Å². The third-order valence-corrected chi connectivity index (χ3v) is 3.00. The van der Waals surface area contributed by atoms with Gasteiger partial charge in [-0.05, 0) is 12.8 Å². The number of nitrogens with zero attached hydrogens (tertiary/aromatic N) is 1. The fraction of sp³-hybridized carbons (Fsp3) is 0.846. The molecule has 0 aromatic carbocycles. The maximum atomic E-state index is 12.0. The van der Waals surface area contributed by atoms with Gasteiger partial charge in [0.1, 0.15) is 0 Å². The smallest absolute Gasteiger partial charge is 0.225 e. The summed E-state index contributed by atoms with van der Waals surface area (Å²) in [6.07, 6.45) is 1.73. The zero-order chi connectivity index (χ0) is 13.0. The molecule has 0 aliphatic carbocycles. The number of Topliss-reactive ketones (excluding diaryl/α,β-unsaturated/α-hetero) is 1. The van der Waals surface area contributed by atoms with Crippen molar-refractivity contribution in [3.63, 3.8) is 0 Å². The van der Waals surface area contributed by atoms with E-state index in [2.05, 4.69) is 5.32 Å². The number of nitrogens with one attached hydrogen (secondary N) is 1. The van der Waals surface area contributed by atoms with E-state index in [9.17, 15) is 9.59 Å². The molecule has 0 spiro atoms. The van der Waals surface area contributed by atoms with Crippen molar-refractivity contribution < 1.29 is 9.59 Å². The molecule has 0 saturated carbocycles. The van der Waals surface area contributed by atoms with Gasteiger partial charge >= 0.3 is 0 Å². The fourth-order valence-corrected chi connectivity index (χ4v) is 2.16. The Balaban J connectivity index is 2.62. The van der Waals surface area contributed by atoms with Crippen molar-refractivity contribution in [3.8, 4) is 0 Å². The molecule has 0 aromatic rings. The van der Waals surface area contributed by atoms with Crippen molar-refractivity contribution in [1.82, 2.24) is 10.2 Å². The van der Waals surface area contributed by atoms with Gasteiger partial charge in [0.2, 0.25) is 5.91 Å². The minimum atomic E-state index is -0.0834. The highest BCUT2D eigenvalue weighted by atomic mass is 16.2. The van der Waals surface area contributed by atoms with Crippen LogP contribution in [0.4, 0.5) is 0 Å². The number of ketones is 1. The first kappa shape index (κ1) is 14.2. The lowest BCUT2D eigenvalue weighted by Crippen LogP contribution is -2.44. The Morgan fingerprint density at radius 2 is 2.00 bits per heavy atom. The summed E-state index contributed by atoms with van der Waals surface area (Å²) in [6, 6.07) is 0.219. The van der Waals surface area contributed by atoms with Crippen LogP contribution in [0, 0.1) is 5.92 Å². The standard InChI is InChI=1S/C13H24N2O2/c1-9(2)13(17)15-7-5-6-11(12(16)8-15)14-10(3)4/h9-11,14H,5-8H2,1-4H3. The van der Waals surface area contributed by atoms with Crippen molar-refractivity contribution in [3.05, 3.63) is 0 Å². The Morgan fingerprint density at radius 3 is 2.53 bits per heavy atom. The maximum Gasteiger partial charge on any atom is 0.225 e. The molecule has 1 amide bonds. The minimum absolute atomic E-state index is 0.0302. The van der Waals surface area contributed by atoms with E-state index in [-0.39, 0.29) is 30.2 Å². The molecule has 1 fully saturated rings. The van der Waals surface area contributed by atoms with Crippen LogP contribution in [-0.2, 0) is 9.59 Å². The van der Waals surface area contributed by atoms with Crippen LogP contribution in [0.15, 0.2) is 0 Å². The molecule has 1 aliphatic heterocycles. The minimum Gasteiger partial charge on any atom is -0.335 e. The van der Waals surface area contributed by atoms with Crippen LogP contribution in [0.1, 0.15) is 40.5 Å². The number of carbonyl (C=O) groups excluding carboxylic acids is 2. The average Bonchev–Trinajstić information content (AvgIpc) is 2.40. The molecular formula is C13H24N2O2. The quantitative estimate of drug-likeness (QED) is 0.806. The van der Waals surface area contributed by atoms with E-state index in [0.717, 1.165) is 12.8 Å². The van der Waals surface area contributed by atoms with E-state index in [1.54, 1.807) is 4.90 Å². The molecule has 1 unspecified atom stereocenters. The molecule has 1 atom stereocenters. The predicted molar refractivity (Wildman–Crippen MR) is 67.7 cm³/mol. The van der Waals surface area contributed by atoms with E-state index >= 15 is 0 Å². The molecule has 1 saturated heterocycles. The first-order chi connectivity index (χ1) is 7.91. The summed E-state index contributed by atoms with van der Waals surface area (Å²) in [5.41, 5.74) is 0. The molecule has 0 bridgehead atoms. The van der Waals surface area contributed by atoms with Gasteiger partial charge in [-0.1, -0.05) is 27.7 Å². The summed E-state index contributed by atoms with van der Waals surface area (Å²) < 4.78 is 0. The van der Waals surface area contributed by atoms with E-state index in [4.69, 9.17) is 0 Å². The fourth-order valence-electron chi connectivity index (χ4n) is 2.16. The third-order valence-electron chi connectivity index (χ3n) is 3.00. The second-order valence-electron chi connectivity index (χ2n) is 5.40. The van der Waals surface area contributed by atoms with Crippen LogP contribution in [0.5, 0.6) is 0 Å². The summed E-state index contributed by atoms with van der Waals surface area (Å²) in [4.78, 5) is 25.6. The first-order valence-corrected chi connectivity index (χ1v) is 6.49. The zero-order valence-corrected chi connectivity index (χ0v) is 11.3. The molecule has 1 N–H and O–H groups in total. The Morgan fingerprint density at radius 1 is 1.35 bits per heavy atom. The second-order valence-corrected chi connectivity index (χ2v) is 5.40. The number of amides is 1. The molecular weight excluding hydrogens is 216 g/mol. The normalized spacial score (nSPS) is 22.1. The summed E-state index contributed by atoms with van der Waals surface area (Å²) in [7, 11) is 0. The van der Waals surface area contributed by atoms with Crippen LogP contribution < -0.4 is 5.32 Å². The van der Waals surface area contributed by atoms with E-state index in [0.29, 0.717) is 12.6 Å². The molecule has 1 rings (SSSR count). The summed E-state index contributed by atoms with van der Waals surface area (Å²) in [5, 5.41) is 3.27. The maximum absolute atomic E-state index is 12.0. The number of hydrogen-bond donors (Lipinski definition) is 1. The van der Waals surface area contributed by atoms with Gasteiger partial charge in [-0.2, -0.15) is 0 Å². The van der Waals surface area contributed by atoms with Gasteiger partial charge in [0, 0.05) is 18.5 Å². The van der Waals surface area contributed by atoms with Crippen molar-refractivity contribution in [1.29, 1.82) is 0 Å². The van der Waals surface area contributed by atoms with Crippen LogP contribution >= 0.6 is 0 Å². The molecule has 1 aliphatic rings. The topological polar surface area (TPSA) is 49.4 Å². The molecule has 0 aromatic heterocycles. The highest BCUT2D eigenvalue weighted by molar-refractivity contribution is 5.90. The predicted octanol–water partition coefficient (Wildman–Crippen LogP) is 1.20. The number of likely N-dealkylation sites (tertiary alicyclic amines) is 1. The van der Waals surface area contributed by atoms with Gasteiger partial charge in [0.25, 0.3) is 0 Å². The summed E-state index contributed by atoms with van der Waals surface area (Å²) in [5.74, 6) is 0.200. The van der Waals surface area contributed by atoms with Crippen molar-refractivity contribution >= 4 is 11.7 Å². The van der Waals surface area contributed by atoms with Crippen molar-refractivity contribution in [2.75, 3.05) is 13.1 Å². The van der Waals surface area contributed by atoms with Crippen molar-refractivity contribution in [2.24, 2.45) is 5.92 Å². The number of rotatable bonds is 3. The zero-order valence-electron chi connectivity index (χ0n) is 11.3. The van der Waals surface area contributed by atoms with Crippen LogP contribution in [0.2, 0.25) is 0 Å². The Bertz CT molecular complexity index is 287. The second kappa shape index (κ2) is 6.15. The van der Waals surface area contributed by atoms with Crippen LogP contribution in [0.3, 0.4) is 0 Å². The van der Waals surface area contributed by atoms with Crippen LogP contribution in [0.25, 0.3) is 0 Å². The Kier molecular flexibility index (Phi) is 5.12. The Labute approximate surface area is 104 Å². The van der Waals surface area contributed by atoms with E-state index < -0.39 is 0 Å². The highest BCUT2D eigenvalue weighted by Gasteiger charge is 2.28. The lowest BCUT2D eigenvalue weighted by Gasteiger charge is -2.22. The summed E-state index contributed by atoms with van der Waals surface area (Å²) in [6.45, 7) is 8.80. The average molecular weight is 240 g/mol. The van der Waals surface area contributed by atoms with Crippen LogP contribution in [-0.4, -0.2) is 41.8 Å². The molecule has 98 valence electrons. The molecule has 0 radical (unpaired) electrons. The lowest BCUT2D eigenvalue weighted by atomic mass is 10.1. The summed E-state index contributed by atoms with van der Waals surface area (Å²) >= 11 is 0. The largest absolute Gasteiger partial charge is 0.335 e. The number of hydrogen-bond acceptors (Lipinski definition) is 3. The molecule has 17 heavy (non-hydrogen) atoms. The van der Waals surface area contributed by atoms with E-state index in [1.165, 1.54) is 0 Å². The monoisotopic (exact) mass is 240 g/mol. The lowest BCUT2D eigenvalue weighted by molar-refractivity contribution is -0.137. The van der Waals surface area contributed by atoms with Gasteiger partial charge in [0.15, 0.2) is 5.78 Å². The molecule has 4 nitrogen and oxygen atoms in total. The van der Waals surface area contributed by atoms with Gasteiger partial charge in [-0.15, -0.1) is 0 Å². The van der Waals surface area contributed by atoms with Gasteiger partial charge in [-0.25, -0.2) is 0 Å². The highest BCUT2D eigenvalue weighted by Crippen LogP contribution is 2.12. The Hall–Kier alpha value is -0.900. The van der Waals surface area contributed by atoms with Gasteiger partial charge < -0.3 is 10.2 Å². The first-order valence-electron chi connectivity index (χ1n) is 6.49. The van der Waals surface area contributed by atoms with E-state index in [1.807, 2.05) is 27.7 Å². The number of carbonyl (C=O) groups is 2. The van der Waals surface area contributed by atoms with Gasteiger partial charge in [0.05, 0.1) is 12.6 Å². The third kappa shape index (κ3) is 4.11. The molecule has 4 heteroatoms.